The number of allylic oxidation sites excluding steroid dienone is 2. The fourth-order valence-corrected chi connectivity index (χ4v) is 1.44. The van der Waals surface area contributed by atoms with Gasteiger partial charge in [0.1, 0.15) is 11.6 Å². The van der Waals surface area contributed by atoms with Gasteiger partial charge in [0, 0.05) is 22.8 Å². The lowest BCUT2D eigenvalue weighted by Gasteiger charge is -2.04. The van der Waals surface area contributed by atoms with Crippen LogP contribution in [0, 0.1) is 11.3 Å². The van der Waals surface area contributed by atoms with Crippen molar-refractivity contribution >= 4 is 21.7 Å². The number of hydrogen-bond acceptors (Lipinski definition) is 3. The van der Waals surface area contributed by atoms with Gasteiger partial charge in [0.05, 0.1) is 0 Å². The highest BCUT2D eigenvalue weighted by molar-refractivity contribution is 9.10. The molecule has 16 heavy (non-hydrogen) atoms. The summed E-state index contributed by atoms with van der Waals surface area (Å²) in [7, 11) is 1.68. The molecule has 1 rings (SSSR count). The average Bonchev–Trinajstić information content (AvgIpc) is 2.30. The number of rotatable bonds is 3. The molecule has 0 spiro atoms. The molecule has 0 radical (unpaired) electrons. The fourth-order valence-electron chi connectivity index (χ4n) is 1.18. The van der Waals surface area contributed by atoms with E-state index in [9.17, 15) is 4.79 Å². The van der Waals surface area contributed by atoms with Crippen LogP contribution in [0.15, 0.2) is 40.0 Å². The molecule has 0 aromatic heterocycles. The molecule has 0 unspecified atom stereocenters. The standard InChI is InChI=1S/C12H11BrN2O/c1-8(15-2)11(7-14)12(16)9-3-5-10(13)6-4-9/h3-6,15H,1-2H3/b11-8+. The largest absolute Gasteiger partial charge is 0.390 e. The van der Waals surface area contributed by atoms with E-state index in [1.807, 2.05) is 6.07 Å². The second-order valence-corrected chi connectivity index (χ2v) is 4.11. The Morgan fingerprint density at radius 3 is 2.38 bits per heavy atom. The molecule has 0 aliphatic heterocycles. The van der Waals surface area contributed by atoms with Crippen LogP contribution >= 0.6 is 15.9 Å². The van der Waals surface area contributed by atoms with Gasteiger partial charge in [-0.2, -0.15) is 5.26 Å². The van der Waals surface area contributed by atoms with Crippen LogP contribution in [0.4, 0.5) is 0 Å². The Morgan fingerprint density at radius 1 is 1.38 bits per heavy atom. The van der Waals surface area contributed by atoms with E-state index in [2.05, 4.69) is 21.2 Å². The van der Waals surface area contributed by atoms with Gasteiger partial charge in [0.2, 0.25) is 5.78 Å². The summed E-state index contributed by atoms with van der Waals surface area (Å²) in [5, 5.41) is 11.7. The molecule has 0 bridgehead atoms. The highest BCUT2D eigenvalue weighted by Gasteiger charge is 2.14. The van der Waals surface area contributed by atoms with Crippen molar-refractivity contribution in [3.63, 3.8) is 0 Å². The zero-order valence-electron chi connectivity index (χ0n) is 9.04. The normalized spacial score (nSPS) is 11.4. The minimum atomic E-state index is -0.262. The number of Topliss-reactive ketones (excluding diaryl/α,β-unsaturated/α-hetero) is 1. The van der Waals surface area contributed by atoms with Gasteiger partial charge < -0.3 is 5.32 Å². The van der Waals surface area contributed by atoms with Crippen LogP contribution in [0.5, 0.6) is 0 Å². The maximum atomic E-state index is 12.0. The third kappa shape index (κ3) is 2.71. The minimum absolute atomic E-state index is 0.143. The quantitative estimate of drug-likeness (QED) is 0.525. The first-order chi connectivity index (χ1) is 7.60. The van der Waals surface area contributed by atoms with Gasteiger partial charge in [-0.1, -0.05) is 15.9 Å². The van der Waals surface area contributed by atoms with E-state index in [0.717, 1.165) is 4.47 Å². The lowest BCUT2D eigenvalue weighted by molar-refractivity contribution is 0.103. The molecule has 3 nitrogen and oxygen atoms in total. The van der Waals surface area contributed by atoms with Gasteiger partial charge in [-0.05, 0) is 31.2 Å². The van der Waals surface area contributed by atoms with Crippen molar-refractivity contribution in [3.8, 4) is 6.07 Å². The van der Waals surface area contributed by atoms with Crippen LogP contribution in [0.3, 0.4) is 0 Å². The molecule has 0 saturated carbocycles. The first-order valence-electron chi connectivity index (χ1n) is 4.69. The smallest absolute Gasteiger partial charge is 0.205 e. The van der Waals surface area contributed by atoms with Crippen LogP contribution in [-0.4, -0.2) is 12.8 Å². The molecule has 1 aromatic rings. The number of nitriles is 1. The molecule has 4 heteroatoms. The lowest BCUT2D eigenvalue weighted by Crippen LogP contribution is -2.11. The van der Waals surface area contributed by atoms with Crippen LogP contribution in [0.25, 0.3) is 0 Å². The van der Waals surface area contributed by atoms with Crippen LogP contribution < -0.4 is 5.32 Å². The second kappa shape index (κ2) is 5.47. The van der Waals surface area contributed by atoms with E-state index in [-0.39, 0.29) is 11.4 Å². The van der Waals surface area contributed by atoms with E-state index in [0.29, 0.717) is 11.3 Å². The molecule has 0 aliphatic rings. The van der Waals surface area contributed by atoms with E-state index >= 15 is 0 Å². The summed E-state index contributed by atoms with van der Waals surface area (Å²) in [4.78, 5) is 12.0. The fraction of sp³-hybridized carbons (Fsp3) is 0.167. The molecule has 0 amide bonds. The van der Waals surface area contributed by atoms with Crippen molar-refractivity contribution in [2.24, 2.45) is 0 Å². The number of halogens is 1. The van der Waals surface area contributed by atoms with E-state index in [4.69, 9.17) is 5.26 Å². The third-order valence-corrected chi connectivity index (χ3v) is 2.72. The molecule has 1 aromatic carbocycles. The van der Waals surface area contributed by atoms with E-state index < -0.39 is 0 Å². The summed E-state index contributed by atoms with van der Waals surface area (Å²) in [6.07, 6.45) is 0. The number of hydrogen-bond donors (Lipinski definition) is 1. The summed E-state index contributed by atoms with van der Waals surface area (Å²) in [5.74, 6) is -0.262. The number of nitrogens with zero attached hydrogens (tertiary/aromatic N) is 1. The van der Waals surface area contributed by atoms with Gasteiger partial charge >= 0.3 is 0 Å². The minimum Gasteiger partial charge on any atom is -0.390 e. The zero-order valence-corrected chi connectivity index (χ0v) is 10.6. The van der Waals surface area contributed by atoms with Crippen LogP contribution in [0.2, 0.25) is 0 Å². The maximum Gasteiger partial charge on any atom is 0.205 e. The molecular formula is C12H11BrN2O. The molecule has 1 N–H and O–H groups in total. The summed E-state index contributed by atoms with van der Waals surface area (Å²) in [5.41, 5.74) is 1.23. The monoisotopic (exact) mass is 278 g/mol. The van der Waals surface area contributed by atoms with Gasteiger partial charge in [-0.15, -0.1) is 0 Å². The number of carbonyl (C=O) groups is 1. The number of benzene rings is 1. The molecule has 0 heterocycles. The highest BCUT2D eigenvalue weighted by atomic mass is 79.9. The van der Waals surface area contributed by atoms with Gasteiger partial charge in [0.25, 0.3) is 0 Å². The molecule has 0 saturated heterocycles. The topological polar surface area (TPSA) is 52.9 Å². The predicted molar refractivity (Wildman–Crippen MR) is 65.8 cm³/mol. The zero-order chi connectivity index (χ0) is 12.1. The molecule has 0 fully saturated rings. The predicted octanol–water partition coefficient (Wildman–Crippen LogP) is 2.65. The Bertz CT molecular complexity index is 469. The molecular weight excluding hydrogens is 268 g/mol. The van der Waals surface area contributed by atoms with Crippen molar-refractivity contribution < 1.29 is 4.79 Å². The lowest BCUT2D eigenvalue weighted by atomic mass is 10.0. The third-order valence-electron chi connectivity index (χ3n) is 2.20. The number of nitrogens with one attached hydrogen (secondary N) is 1. The first kappa shape index (κ1) is 12.5. The van der Waals surface area contributed by atoms with Gasteiger partial charge in [-0.25, -0.2) is 0 Å². The SMILES string of the molecule is CN/C(C)=C(\C#N)C(=O)c1ccc(Br)cc1. The molecule has 82 valence electrons. The maximum absolute atomic E-state index is 12.0. The van der Waals surface area contributed by atoms with Gasteiger partial charge in [0.15, 0.2) is 0 Å². The van der Waals surface area contributed by atoms with E-state index in [1.54, 1.807) is 38.2 Å². The summed E-state index contributed by atoms with van der Waals surface area (Å²) >= 11 is 3.29. The first-order valence-corrected chi connectivity index (χ1v) is 5.48. The second-order valence-electron chi connectivity index (χ2n) is 3.20. The Hall–Kier alpha value is -1.60. The molecule has 0 aliphatic carbocycles. The average molecular weight is 279 g/mol. The van der Waals surface area contributed by atoms with Crippen molar-refractivity contribution in [2.75, 3.05) is 7.05 Å². The van der Waals surface area contributed by atoms with Gasteiger partial charge in [-0.3, -0.25) is 4.79 Å². The van der Waals surface area contributed by atoms with Crippen molar-refractivity contribution in [1.29, 1.82) is 5.26 Å². The van der Waals surface area contributed by atoms with Crippen molar-refractivity contribution in [3.05, 3.63) is 45.6 Å². The summed E-state index contributed by atoms with van der Waals surface area (Å²) in [6, 6.07) is 8.85. The van der Waals surface area contributed by atoms with Crippen LogP contribution in [0.1, 0.15) is 17.3 Å². The summed E-state index contributed by atoms with van der Waals surface area (Å²) in [6.45, 7) is 1.70. The number of ketones is 1. The Kier molecular flexibility index (Phi) is 4.27. The van der Waals surface area contributed by atoms with Crippen molar-refractivity contribution in [1.82, 2.24) is 5.32 Å². The Morgan fingerprint density at radius 2 is 1.94 bits per heavy atom. The van der Waals surface area contributed by atoms with Crippen LogP contribution in [-0.2, 0) is 0 Å². The number of carbonyl (C=O) groups excluding carboxylic acids is 1. The Balaban J connectivity index is 3.12. The van der Waals surface area contributed by atoms with E-state index in [1.165, 1.54) is 0 Å². The molecule has 0 atom stereocenters. The summed E-state index contributed by atoms with van der Waals surface area (Å²) < 4.78 is 0.900. The Labute approximate surface area is 103 Å². The highest BCUT2D eigenvalue weighted by Crippen LogP contribution is 2.14. The van der Waals surface area contributed by atoms with Crippen molar-refractivity contribution in [2.45, 2.75) is 6.92 Å².